The number of methoxy groups -OCH3 is 1. The SMILES string of the molecule is COCCOC(=O)Cn1ccc(C)cc1=O. The first-order chi connectivity index (χ1) is 7.63. The lowest BCUT2D eigenvalue weighted by Crippen LogP contribution is -2.25. The summed E-state index contributed by atoms with van der Waals surface area (Å²) in [6.07, 6.45) is 1.58. The van der Waals surface area contributed by atoms with E-state index in [2.05, 4.69) is 0 Å². The average Bonchev–Trinajstić information content (AvgIpc) is 2.23. The van der Waals surface area contributed by atoms with Crippen molar-refractivity contribution in [1.82, 2.24) is 4.57 Å². The van der Waals surface area contributed by atoms with Crippen molar-refractivity contribution in [3.63, 3.8) is 0 Å². The summed E-state index contributed by atoms with van der Waals surface area (Å²) < 4.78 is 10.9. The monoisotopic (exact) mass is 225 g/mol. The van der Waals surface area contributed by atoms with Crippen molar-refractivity contribution in [3.05, 3.63) is 34.2 Å². The van der Waals surface area contributed by atoms with Crippen LogP contribution in [-0.2, 0) is 20.8 Å². The van der Waals surface area contributed by atoms with Crippen molar-refractivity contribution in [2.24, 2.45) is 0 Å². The van der Waals surface area contributed by atoms with Crippen LogP contribution in [0.1, 0.15) is 5.56 Å². The van der Waals surface area contributed by atoms with Gasteiger partial charge in [-0.15, -0.1) is 0 Å². The van der Waals surface area contributed by atoms with E-state index in [1.807, 2.05) is 6.92 Å². The fourth-order valence-electron chi connectivity index (χ4n) is 1.16. The average molecular weight is 225 g/mol. The predicted octanol–water partition coefficient (Wildman–Crippen LogP) is 0.346. The van der Waals surface area contributed by atoms with Crippen LogP contribution in [0, 0.1) is 6.92 Å². The van der Waals surface area contributed by atoms with Crippen LogP contribution >= 0.6 is 0 Å². The van der Waals surface area contributed by atoms with Crippen LogP contribution in [0.3, 0.4) is 0 Å². The number of hydrogen-bond donors (Lipinski definition) is 0. The van der Waals surface area contributed by atoms with E-state index in [0.29, 0.717) is 6.61 Å². The minimum atomic E-state index is -0.442. The standard InChI is InChI=1S/C11H15NO4/c1-9-3-4-12(10(13)7-9)8-11(14)16-6-5-15-2/h3-4,7H,5-6,8H2,1-2H3. The van der Waals surface area contributed by atoms with Gasteiger partial charge in [-0.05, 0) is 18.6 Å². The molecule has 5 heteroatoms. The number of aryl methyl sites for hydroxylation is 1. The molecule has 88 valence electrons. The highest BCUT2D eigenvalue weighted by molar-refractivity contribution is 5.69. The maximum Gasteiger partial charge on any atom is 0.326 e. The molecule has 0 aromatic carbocycles. The molecule has 0 unspecified atom stereocenters. The van der Waals surface area contributed by atoms with Crippen molar-refractivity contribution >= 4 is 5.97 Å². The van der Waals surface area contributed by atoms with Crippen molar-refractivity contribution in [3.8, 4) is 0 Å². The number of aromatic nitrogens is 1. The molecule has 0 N–H and O–H groups in total. The summed E-state index contributed by atoms with van der Waals surface area (Å²) in [5.74, 6) is -0.442. The highest BCUT2D eigenvalue weighted by Crippen LogP contribution is 1.92. The molecule has 0 saturated carbocycles. The second-order valence-electron chi connectivity index (χ2n) is 3.38. The van der Waals surface area contributed by atoms with Crippen molar-refractivity contribution in [2.75, 3.05) is 20.3 Å². The van der Waals surface area contributed by atoms with Gasteiger partial charge in [0.1, 0.15) is 13.2 Å². The third-order valence-electron chi connectivity index (χ3n) is 2.00. The van der Waals surface area contributed by atoms with Gasteiger partial charge in [0.15, 0.2) is 0 Å². The van der Waals surface area contributed by atoms with Crippen molar-refractivity contribution in [1.29, 1.82) is 0 Å². The summed E-state index contributed by atoms with van der Waals surface area (Å²) in [6, 6.07) is 3.24. The number of pyridine rings is 1. The molecule has 1 rings (SSSR count). The van der Waals surface area contributed by atoms with Gasteiger partial charge in [0.05, 0.1) is 6.61 Å². The number of hydrogen-bond acceptors (Lipinski definition) is 4. The summed E-state index contributed by atoms with van der Waals surface area (Å²) in [4.78, 5) is 22.7. The number of carbonyl (C=O) groups excluding carboxylic acids is 1. The molecular formula is C11H15NO4. The van der Waals surface area contributed by atoms with Crippen LogP contribution in [0.5, 0.6) is 0 Å². The Bertz CT molecular complexity index is 411. The van der Waals surface area contributed by atoms with Crippen molar-refractivity contribution in [2.45, 2.75) is 13.5 Å². The molecule has 5 nitrogen and oxygen atoms in total. The van der Waals surface area contributed by atoms with Crippen LogP contribution in [0.2, 0.25) is 0 Å². The molecule has 1 heterocycles. The Morgan fingerprint density at radius 1 is 1.44 bits per heavy atom. The van der Waals surface area contributed by atoms with Gasteiger partial charge in [0.25, 0.3) is 5.56 Å². The van der Waals surface area contributed by atoms with E-state index in [0.717, 1.165) is 5.56 Å². The Balaban J connectivity index is 2.53. The van der Waals surface area contributed by atoms with Gasteiger partial charge in [0.2, 0.25) is 0 Å². The van der Waals surface area contributed by atoms with Crippen LogP contribution < -0.4 is 5.56 Å². The lowest BCUT2D eigenvalue weighted by molar-refractivity contribution is -0.145. The van der Waals surface area contributed by atoms with E-state index < -0.39 is 5.97 Å². The summed E-state index contributed by atoms with van der Waals surface area (Å²) in [5.41, 5.74) is 0.665. The topological polar surface area (TPSA) is 57.5 Å². The zero-order valence-electron chi connectivity index (χ0n) is 9.43. The molecule has 0 spiro atoms. The Kier molecular flexibility index (Phi) is 4.72. The van der Waals surface area contributed by atoms with E-state index in [1.165, 1.54) is 17.7 Å². The maximum absolute atomic E-state index is 11.4. The van der Waals surface area contributed by atoms with Gasteiger partial charge in [-0.1, -0.05) is 0 Å². The summed E-state index contributed by atoms with van der Waals surface area (Å²) in [6.45, 7) is 2.32. The van der Waals surface area contributed by atoms with E-state index in [1.54, 1.807) is 12.3 Å². The molecule has 16 heavy (non-hydrogen) atoms. The third kappa shape index (κ3) is 3.86. The molecule has 0 aliphatic carbocycles. The lowest BCUT2D eigenvalue weighted by Gasteiger charge is -2.06. The number of nitrogens with zero attached hydrogens (tertiary/aromatic N) is 1. The molecule has 0 amide bonds. The fourth-order valence-corrected chi connectivity index (χ4v) is 1.16. The summed E-state index contributed by atoms with van der Waals surface area (Å²) >= 11 is 0. The molecule has 0 bridgehead atoms. The second-order valence-corrected chi connectivity index (χ2v) is 3.38. The molecule has 1 aromatic rings. The zero-order valence-corrected chi connectivity index (χ0v) is 9.43. The fraction of sp³-hybridized carbons (Fsp3) is 0.455. The van der Waals surface area contributed by atoms with Crippen LogP contribution in [-0.4, -0.2) is 30.9 Å². The highest BCUT2D eigenvalue weighted by atomic mass is 16.6. The van der Waals surface area contributed by atoms with Crippen molar-refractivity contribution < 1.29 is 14.3 Å². The number of esters is 1. The second kappa shape index (κ2) is 6.07. The maximum atomic E-state index is 11.4. The van der Waals surface area contributed by atoms with E-state index >= 15 is 0 Å². The van der Waals surface area contributed by atoms with Gasteiger partial charge in [-0.3, -0.25) is 9.59 Å². The minimum absolute atomic E-state index is 0.0666. The molecule has 0 radical (unpaired) electrons. The van der Waals surface area contributed by atoms with Gasteiger partial charge in [-0.2, -0.15) is 0 Å². The molecule has 0 aliphatic heterocycles. The minimum Gasteiger partial charge on any atom is -0.462 e. The molecule has 0 atom stereocenters. The van der Waals surface area contributed by atoms with E-state index in [4.69, 9.17) is 9.47 Å². The van der Waals surface area contributed by atoms with Crippen LogP contribution in [0.15, 0.2) is 23.1 Å². The molecule has 1 aromatic heterocycles. The Morgan fingerprint density at radius 3 is 2.81 bits per heavy atom. The molecule has 0 aliphatic rings. The number of rotatable bonds is 5. The normalized spacial score (nSPS) is 10.1. The van der Waals surface area contributed by atoms with Crippen LogP contribution in [0.4, 0.5) is 0 Å². The van der Waals surface area contributed by atoms with E-state index in [9.17, 15) is 9.59 Å². The summed E-state index contributed by atoms with van der Waals surface area (Å²) in [5, 5.41) is 0. The van der Waals surface area contributed by atoms with Gasteiger partial charge < -0.3 is 14.0 Å². The third-order valence-corrected chi connectivity index (χ3v) is 2.00. The Labute approximate surface area is 93.6 Å². The van der Waals surface area contributed by atoms with Gasteiger partial charge in [-0.25, -0.2) is 0 Å². The smallest absolute Gasteiger partial charge is 0.326 e. The van der Waals surface area contributed by atoms with Gasteiger partial charge >= 0.3 is 5.97 Å². The first-order valence-corrected chi connectivity index (χ1v) is 4.95. The molecule has 0 fully saturated rings. The first-order valence-electron chi connectivity index (χ1n) is 4.95. The largest absolute Gasteiger partial charge is 0.462 e. The van der Waals surface area contributed by atoms with Crippen LogP contribution in [0.25, 0.3) is 0 Å². The van der Waals surface area contributed by atoms with E-state index in [-0.39, 0.29) is 18.7 Å². The Morgan fingerprint density at radius 2 is 2.19 bits per heavy atom. The quantitative estimate of drug-likeness (QED) is 0.536. The first kappa shape index (κ1) is 12.4. The summed E-state index contributed by atoms with van der Waals surface area (Å²) in [7, 11) is 1.53. The Hall–Kier alpha value is -1.62. The highest BCUT2D eigenvalue weighted by Gasteiger charge is 2.05. The predicted molar refractivity (Wildman–Crippen MR) is 58.3 cm³/mol. The lowest BCUT2D eigenvalue weighted by atomic mass is 10.3. The molecular weight excluding hydrogens is 210 g/mol. The van der Waals surface area contributed by atoms with Gasteiger partial charge in [0, 0.05) is 19.4 Å². The number of ether oxygens (including phenoxy) is 2. The number of carbonyl (C=O) groups is 1. The molecule has 0 saturated heterocycles. The zero-order chi connectivity index (χ0) is 12.0.